The van der Waals surface area contributed by atoms with Gasteiger partial charge in [0.15, 0.2) is 0 Å². The Morgan fingerprint density at radius 3 is 2.76 bits per heavy atom. The van der Waals surface area contributed by atoms with E-state index in [4.69, 9.17) is 5.11 Å². The molecule has 0 radical (unpaired) electrons. The number of anilines is 1. The normalized spacial score (nSPS) is 14.5. The Morgan fingerprint density at radius 2 is 2.00 bits per heavy atom. The molecule has 1 unspecified atom stereocenters. The van der Waals surface area contributed by atoms with E-state index in [-0.39, 0.29) is 13.2 Å². The number of aliphatic hydroxyl groups is 2. The average Bonchev–Trinajstić information content (AvgIpc) is 2.36. The first-order valence-corrected chi connectivity index (χ1v) is 5.54. The van der Waals surface area contributed by atoms with Crippen molar-refractivity contribution >= 4 is 16.7 Å². The highest BCUT2D eigenvalue weighted by molar-refractivity contribution is 5.80. The number of hydrogen-bond donors (Lipinski definition) is 3. The van der Waals surface area contributed by atoms with Gasteiger partial charge < -0.3 is 15.5 Å². The van der Waals surface area contributed by atoms with Crippen molar-refractivity contribution < 1.29 is 10.2 Å². The summed E-state index contributed by atoms with van der Waals surface area (Å²) in [5.41, 5.74) is -0.228. The zero-order valence-electron chi connectivity index (χ0n) is 9.72. The van der Waals surface area contributed by atoms with Gasteiger partial charge in [0, 0.05) is 11.9 Å². The summed E-state index contributed by atoms with van der Waals surface area (Å²) in [6, 6.07) is 11.7. The molecular formula is C13H16N2O2. The molecule has 1 heterocycles. The van der Waals surface area contributed by atoms with Gasteiger partial charge in [0.1, 0.15) is 11.4 Å². The van der Waals surface area contributed by atoms with E-state index in [0.717, 1.165) is 10.9 Å². The lowest BCUT2D eigenvalue weighted by Gasteiger charge is -2.20. The number of rotatable bonds is 4. The highest BCUT2D eigenvalue weighted by atomic mass is 16.3. The molecule has 0 saturated carbocycles. The van der Waals surface area contributed by atoms with Gasteiger partial charge in [-0.15, -0.1) is 0 Å². The van der Waals surface area contributed by atoms with Crippen molar-refractivity contribution in [2.24, 2.45) is 0 Å². The van der Waals surface area contributed by atoms with Crippen LogP contribution in [0.25, 0.3) is 10.9 Å². The Hall–Kier alpha value is -1.65. The summed E-state index contributed by atoms with van der Waals surface area (Å²) in [7, 11) is 0. The molecule has 2 aromatic rings. The van der Waals surface area contributed by atoms with Crippen molar-refractivity contribution in [3.8, 4) is 0 Å². The molecule has 0 spiro atoms. The SMILES string of the molecule is CC(O)(CO)CNc1ccc2ccccc2n1. The molecule has 0 amide bonds. The first kappa shape index (κ1) is 11.8. The third-order valence-electron chi connectivity index (χ3n) is 2.59. The molecule has 4 heteroatoms. The quantitative estimate of drug-likeness (QED) is 0.745. The predicted octanol–water partition coefficient (Wildman–Crippen LogP) is 1.39. The molecule has 17 heavy (non-hydrogen) atoms. The van der Waals surface area contributed by atoms with E-state index in [0.29, 0.717) is 5.82 Å². The highest BCUT2D eigenvalue weighted by Crippen LogP contribution is 2.15. The van der Waals surface area contributed by atoms with Crippen LogP contribution in [0.4, 0.5) is 5.82 Å². The number of benzene rings is 1. The zero-order chi connectivity index (χ0) is 12.3. The van der Waals surface area contributed by atoms with Crippen LogP contribution in [0.1, 0.15) is 6.92 Å². The molecule has 0 bridgehead atoms. The van der Waals surface area contributed by atoms with Crippen molar-refractivity contribution in [1.29, 1.82) is 0 Å². The minimum atomic E-state index is -1.13. The van der Waals surface area contributed by atoms with Gasteiger partial charge in [-0.2, -0.15) is 0 Å². The van der Waals surface area contributed by atoms with Crippen LogP contribution in [-0.4, -0.2) is 33.9 Å². The van der Waals surface area contributed by atoms with Crippen LogP contribution in [0.3, 0.4) is 0 Å². The summed E-state index contributed by atoms with van der Waals surface area (Å²) in [6.45, 7) is 1.55. The van der Waals surface area contributed by atoms with Gasteiger partial charge >= 0.3 is 0 Å². The molecule has 1 aromatic carbocycles. The molecule has 0 aliphatic heterocycles. The minimum absolute atomic E-state index is 0.259. The third kappa shape index (κ3) is 2.93. The van der Waals surface area contributed by atoms with E-state index in [2.05, 4.69) is 10.3 Å². The summed E-state index contributed by atoms with van der Waals surface area (Å²) in [5.74, 6) is 0.692. The van der Waals surface area contributed by atoms with Gasteiger partial charge in [-0.1, -0.05) is 18.2 Å². The van der Waals surface area contributed by atoms with Crippen LogP contribution in [0.5, 0.6) is 0 Å². The van der Waals surface area contributed by atoms with Gasteiger partial charge in [0.25, 0.3) is 0 Å². The second-order valence-electron chi connectivity index (χ2n) is 4.40. The summed E-state index contributed by atoms with van der Waals surface area (Å²) >= 11 is 0. The summed E-state index contributed by atoms with van der Waals surface area (Å²) in [6.07, 6.45) is 0. The Labute approximate surface area is 99.9 Å². The van der Waals surface area contributed by atoms with E-state index in [1.807, 2.05) is 36.4 Å². The summed E-state index contributed by atoms with van der Waals surface area (Å²) in [5, 5.41) is 22.7. The van der Waals surface area contributed by atoms with Gasteiger partial charge in [-0.25, -0.2) is 4.98 Å². The number of hydrogen-bond acceptors (Lipinski definition) is 4. The number of fused-ring (bicyclic) bond motifs is 1. The van der Waals surface area contributed by atoms with Crippen LogP contribution in [0.2, 0.25) is 0 Å². The number of nitrogens with one attached hydrogen (secondary N) is 1. The highest BCUT2D eigenvalue weighted by Gasteiger charge is 2.18. The van der Waals surface area contributed by atoms with Crippen LogP contribution in [0.15, 0.2) is 36.4 Å². The van der Waals surface area contributed by atoms with Gasteiger partial charge in [-0.05, 0) is 25.1 Å². The van der Waals surface area contributed by atoms with Crippen LogP contribution in [-0.2, 0) is 0 Å². The van der Waals surface area contributed by atoms with Gasteiger partial charge in [0.2, 0.25) is 0 Å². The maximum atomic E-state index is 9.66. The minimum Gasteiger partial charge on any atom is -0.393 e. The number of pyridine rings is 1. The van der Waals surface area contributed by atoms with Crippen LogP contribution < -0.4 is 5.32 Å². The number of nitrogens with zero attached hydrogens (tertiary/aromatic N) is 1. The van der Waals surface area contributed by atoms with E-state index in [1.165, 1.54) is 0 Å². The smallest absolute Gasteiger partial charge is 0.126 e. The zero-order valence-corrected chi connectivity index (χ0v) is 9.72. The fourth-order valence-corrected chi connectivity index (χ4v) is 1.50. The maximum absolute atomic E-state index is 9.66. The molecule has 0 saturated heterocycles. The molecule has 1 aromatic heterocycles. The summed E-state index contributed by atoms with van der Waals surface area (Å²) in [4.78, 5) is 4.41. The summed E-state index contributed by atoms with van der Waals surface area (Å²) < 4.78 is 0. The molecule has 1 atom stereocenters. The van der Waals surface area contributed by atoms with Crippen molar-refractivity contribution in [3.63, 3.8) is 0 Å². The third-order valence-corrected chi connectivity index (χ3v) is 2.59. The number of aliphatic hydroxyl groups excluding tert-OH is 1. The van der Waals surface area contributed by atoms with Gasteiger partial charge in [0.05, 0.1) is 12.1 Å². The fraction of sp³-hybridized carbons (Fsp3) is 0.308. The second-order valence-corrected chi connectivity index (χ2v) is 4.40. The Kier molecular flexibility index (Phi) is 3.26. The molecule has 3 N–H and O–H groups in total. The molecule has 90 valence electrons. The first-order valence-electron chi connectivity index (χ1n) is 5.54. The van der Waals surface area contributed by atoms with E-state index in [9.17, 15) is 5.11 Å². The fourth-order valence-electron chi connectivity index (χ4n) is 1.50. The second kappa shape index (κ2) is 4.69. The van der Waals surface area contributed by atoms with Crippen molar-refractivity contribution in [2.75, 3.05) is 18.5 Å². The topological polar surface area (TPSA) is 65.4 Å². The van der Waals surface area contributed by atoms with Gasteiger partial charge in [-0.3, -0.25) is 0 Å². The molecule has 2 rings (SSSR count). The Morgan fingerprint density at radius 1 is 1.24 bits per heavy atom. The van der Waals surface area contributed by atoms with Crippen LogP contribution >= 0.6 is 0 Å². The Balaban J connectivity index is 2.14. The van der Waals surface area contributed by atoms with E-state index in [1.54, 1.807) is 6.92 Å². The molecule has 0 aliphatic carbocycles. The molecule has 4 nitrogen and oxygen atoms in total. The largest absolute Gasteiger partial charge is 0.393 e. The van der Waals surface area contributed by atoms with Crippen molar-refractivity contribution in [3.05, 3.63) is 36.4 Å². The molecule has 0 aliphatic rings. The first-order chi connectivity index (χ1) is 8.11. The van der Waals surface area contributed by atoms with Crippen molar-refractivity contribution in [1.82, 2.24) is 4.98 Å². The van der Waals surface area contributed by atoms with E-state index >= 15 is 0 Å². The average molecular weight is 232 g/mol. The van der Waals surface area contributed by atoms with E-state index < -0.39 is 5.60 Å². The monoisotopic (exact) mass is 232 g/mol. The Bertz CT molecular complexity index is 512. The number of aromatic nitrogens is 1. The lowest BCUT2D eigenvalue weighted by Crippen LogP contribution is -2.37. The lowest BCUT2D eigenvalue weighted by atomic mass is 10.1. The standard InChI is InChI=1S/C13H16N2O2/c1-13(17,9-16)8-14-12-7-6-10-4-2-3-5-11(10)15-12/h2-7,16-17H,8-9H2,1H3,(H,14,15). The predicted molar refractivity (Wildman–Crippen MR) is 67.9 cm³/mol. The van der Waals surface area contributed by atoms with Crippen LogP contribution in [0, 0.1) is 0 Å². The lowest BCUT2D eigenvalue weighted by molar-refractivity contribution is 0.0132. The van der Waals surface area contributed by atoms with Crippen molar-refractivity contribution in [2.45, 2.75) is 12.5 Å². The maximum Gasteiger partial charge on any atom is 0.126 e. The molecule has 0 fully saturated rings. The molecular weight excluding hydrogens is 216 g/mol. The number of para-hydroxylation sites is 1.